The maximum absolute atomic E-state index is 12.4. The second kappa shape index (κ2) is 8.86. The number of hydrogen-bond donors (Lipinski definition) is 2. The number of halogens is 2. The van der Waals surface area contributed by atoms with Crippen LogP contribution in [-0.4, -0.2) is 47.0 Å². The van der Waals surface area contributed by atoms with E-state index >= 15 is 0 Å². The fourth-order valence-corrected chi connectivity index (χ4v) is 2.97. The second-order valence-electron chi connectivity index (χ2n) is 5.66. The number of urea groups is 2. The molecule has 1 aliphatic rings. The van der Waals surface area contributed by atoms with E-state index in [1.807, 2.05) is 0 Å². The first kappa shape index (κ1) is 20.0. The molecule has 0 aliphatic carbocycles. The highest BCUT2D eigenvalue weighted by Gasteiger charge is 2.40. The fraction of sp³-hybridized carbons (Fsp3) is 0.375. The maximum Gasteiger partial charge on any atom is 0.340 e. The molecule has 2 rings (SSSR count). The number of carboxylic acid groups (broad SMARTS) is 1. The summed E-state index contributed by atoms with van der Waals surface area (Å²) in [4.78, 5) is 48.7. The van der Waals surface area contributed by atoms with Gasteiger partial charge in [-0.25, -0.2) is 19.4 Å². The summed E-state index contributed by atoms with van der Waals surface area (Å²) < 4.78 is 0. The number of nitrogens with one attached hydrogen (secondary N) is 1. The van der Waals surface area contributed by atoms with Crippen LogP contribution in [0.15, 0.2) is 18.2 Å². The van der Waals surface area contributed by atoms with Crippen molar-refractivity contribution in [2.45, 2.75) is 25.7 Å². The van der Waals surface area contributed by atoms with Crippen LogP contribution in [0.5, 0.6) is 0 Å². The van der Waals surface area contributed by atoms with Crippen LogP contribution in [0.2, 0.25) is 10.0 Å². The van der Waals surface area contributed by atoms with Crippen LogP contribution in [0, 0.1) is 0 Å². The number of amides is 5. The number of rotatable bonds is 7. The lowest BCUT2D eigenvalue weighted by Crippen LogP contribution is -2.43. The van der Waals surface area contributed by atoms with Crippen molar-refractivity contribution in [2.24, 2.45) is 0 Å². The molecule has 2 N–H and O–H groups in total. The lowest BCUT2D eigenvalue weighted by atomic mass is 10.2. The number of carbonyl (C=O) groups excluding carboxylic acids is 3. The number of imide groups is 2. The summed E-state index contributed by atoms with van der Waals surface area (Å²) in [6.45, 7) is -0.104. The zero-order valence-electron chi connectivity index (χ0n) is 13.7. The molecule has 0 spiro atoms. The Morgan fingerprint density at radius 1 is 1.08 bits per heavy atom. The van der Waals surface area contributed by atoms with Gasteiger partial charge in [-0.05, 0) is 31.0 Å². The van der Waals surface area contributed by atoms with Gasteiger partial charge in [0, 0.05) is 23.0 Å². The van der Waals surface area contributed by atoms with Gasteiger partial charge in [0.05, 0.1) is 5.69 Å². The Morgan fingerprint density at radius 2 is 1.73 bits per heavy atom. The summed E-state index contributed by atoms with van der Waals surface area (Å²) >= 11 is 11.8. The van der Waals surface area contributed by atoms with Crippen molar-refractivity contribution in [2.75, 3.05) is 18.0 Å². The largest absolute Gasteiger partial charge is 0.481 e. The fourth-order valence-electron chi connectivity index (χ4n) is 2.45. The van der Waals surface area contributed by atoms with Crippen LogP contribution in [0.3, 0.4) is 0 Å². The summed E-state index contributed by atoms with van der Waals surface area (Å²) in [5.41, 5.74) is 0.196. The first-order valence-corrected chi connectivity index (χ1v) is 8.65. The number of carbonyl (C=O) groups is 4. The second-order valence-corrected chi connectivity index (χ2v) is 6.53. The molecule has 0 saturated carbocycles. The van der Waals surface area contributed by atoms with Crippen molar-refractivity contribution >= 4 is 52.8 Å². The van der Waals surface area contributed by atoms with Crippen LogP contribution in [0.1, 0.15) is 25.7 Å². The maximum atomic E-state index is 12.4. The summed E-state index contributed by atoms with van der Waals surface area (Å²) in [6, 6.07) is 2.82. The Balaban J connectivity index is 1.91. The molecule has 1 heterocycles. The van der Waals surface area contributed by atoms with E-state index in [0.717, 1.165) is 9.80 Å². The molecule has 0 aromatic heterocycles. The average Bonchev–Trinajstić information content (AvgIpc) is 2.84. The molecule has 10 heteroatoms. The Labute approximate surface area is 159 Å². The SMILES string of the molecule is O=C(O)CCCCCNC(=O)N1CC(=O)N(c2cc(Cl)cc(Cl)c2)C1=O. The van der Waals surface area contributed by atoms with Crippen molar-refractivity contribution in [1.29, 1.82) is 0 Å². The Bertz CT molecular complexity index is 720. The monoisotopic (exact) mass is 401 g/mol. The molecule has 1 fully saturated rings. The lowest BCUT2D eigenvalue weighted by molar-refractivity contribution is -0.137. The first-order chi connectivity index (χ1) is 12.3. The smallest absolute Gasteiger partial charge is 0.340 e. The predicted octanol–water partition coefficient (Wildman–Crippen LogP) is 3.12. The standard InChI is InChI=1S/C16H17Cl2N3O5/c17-10-6-11(18)8-12(7-10)21-13(22)9-20(16(21)26)15(25)19-5-3-1-2-4-14(23)24/h6-8H,1-5,9H2,(H,19,25)(H,23,24). The van der Waals surface area contributed by atoms with E-state index in [0.29, 0.717) is 19.3 Å². The van der Waals surface area contributed by atoms with E-state index in [4.69, 9.17) is 28.3 Å². The average molecular weight is 402 g/mol. The molecule has 0 atom stereocenters. The van der Waals surface area contributed by atoms with Gasteiger partial charge in [0.25, 0.3) is 5.91 Å². The number of anilines is 1. The molecule has 140 valence electrons. The van der Waals surface area contributed by atoms with Crippen molar-refractivity contribution in [3.05, 3.63) is 28.2 Å². The number of unbranched alkanes of at least 4 members (excludes halogenated alkanes) is 2. The van der Waals surface area contributed by atoms with Gasteiger partial charge in [0.1, 0.15) is 6.54 Å². The quantitative estimate of drug-likeness (QED) is 0.538. The number of hydrogen-bond acceptors (Lipinski definition) is 4. The van der Waals surface area contributed by atoms with Crippen LogP contribution < -0.4 is 10.2 Å². The van der Waals surface area contributed by atoms with Crippen LogP contribution >= 0.6 is 23.2 Å². The normalized spacial score (nSPS) is 14.1. The van der Waals surface area contributed by atoms with Crippen molar-refractivity contribution < 1.29 is 24.3 Å². The Kier molecular flexibility index (Phi) is 6.82. The van der Waals surface area contributed by atoms with Gasteiger partial charge in [-0.15, -0.1) is 0 Å². The third-order valence-electron chi connectivity index (χ3n) is 3.66. The molecular formula is C16H17Cl2N3O5. The van der Waals surface area contributed by atoms with Crippen LogP contribution in [0.4, 0.5) is 15.3 Å². The van der Waals surface area contributed by atoms with E-state index in [2.05, 4.69) is 5.32 Å². The van der Waals surface area contributed by atoms with Gasteiger partial charge in [-0.2, -0.15) is 0 Å². The van der Waals surface area contributed by atoms with E-state index < -0.39 is 23.9 Å². The predicted molar refractivity (Wildman–Crippen MR) is 95.6 cm³/mol. The molecule has 0 bridgehead atoms. The highest BCUT2D eigenvalue weighted by molar-refractivity contribution is 6.35. The third kappa shape index (κ3) is 5.09. The Morgan fingerprint density at radius 3 is 2.35 bits per heavy atom. The van der Waals surface area contributed by atoms with Crippen molar-refractivity contribution in [3.63, 3.8) is 0 Å². The number of nitrogens with zero attached hydrogens (tertiary/aromatic N) is 2. The van der Waals surface area contributed by atoms with Crippen LogP contribution in [0.25, 0.3) is 0 Å². The van der Waals surface area contributed by atoms with E-state index in [1.54, 1.807) is 0 Å². The molecule has 1 aromatic carbocycles. The molecule has 5 amide bonds. The molecule has 0 radical (unpaired) electrons. The van der Waals surface area contributed by atoms with Gasteiger partial charge < -0.3 is 10.4 Å². The van der Waals surface area contributed by atoms with Gasteiger partial charge in [-0.3, -0.25) is 9.59 Å². The van der Waals surface area contributed by atoms with Gasteiger partial charge in [0.2, 0.25) is 0 Å². The molecule has 0 unspecified atom stereocenters. The summed E-state index contributed by atoms with van der Waals surface area (Å²) in [6.07, 6.45) is 1.79. The zero-order chi connectivity index (χ0) is 19.3. The molecule has 26 heavy (non-hydrogen) atoms. The van der Waals surface area contributed by atoms with E-state index in [1.165, 1.54) is 18.2 Å². The molecular weight excluding hydrogens is 385 g/mol. The number of carboxylic acids is 1. The van der Waals surface area contributed by atoms with Crippen LogP contribution in [-0.2, 0) is 9.59 Å². The van der Waals surface area contributed by atoms with E-state index in [9.17, 15) is 19.2 Å². The Hall–Kier alpha value is -2.32. The van der Waals surface area contributed by atoms with E-state index in [-0.39, 0.29) is 35.2 Å². The number of aliphatic carboxylic acids is 1. The highest BCUT2D eigenvalue weighted by atomic mass is 35.5. The van der Waals surface area contributed by atoms with Gasteiger partial charge in [0.15, 0.2) is 0 Å². The summed E-state index contributed by atoms with van der Waals surface area (Å²) in [7, 11) is 0. The zero-order valence-corrected chi connectivity index (χ0v) is 15.2. The van der Waals surface area contributed by atoms with Gasteiger partial charge >= 0.3 is 18.0 Å². The summed E-state index contributed by atoms with van der Waals surface area (Å²) in [5.74, 6) is -1.43. The topological polar surface area (TPSA) is 107 Å². The van der Waals surface area contributed by atoms with Gasteiger partial charge in [-0.1, -0.05) is 29.6 Å². The minimum Gasteiger partial charge on any atom is -0.481 e. The highest BCUT2D eigenvalue weighted by Crippen LogP contribution is 2.28. The number of benzene rings is 1. The minimum atomic E-state index is -0.864. The van der Waals surface area contributed by atoms with Crippen molar-refractivity contribution in [1.82, 2.24) is 10.2 Å². The lowest BCUT2D eigenvalue weighted by Gasteiger charge is -2.17. The molecule has 1 aliphatic heterocycles. The summed E-state index contributed by atoms with van der Waals surface area (Å²) in [5, 5.41) is 11.6. The molecule has 1 aromatic rings. The minimum absolute atomic E-state index is 0.0736. The third-order valence-corrected chi connectivity index (χ3v) is 4.10. The van der Waals surface area contributed by atoms with Crippen molar-refractivity contribution in [3.8, 4) is 0 Å². The first-order valence-electron chi connectivity index (χ1n) is 7.90. The molecule has 1 saturated heterocycles. The molecule has 8 nitrogen and oxygen atoms in total.